The van der Waals surface area contributed by atoms with Crippen molar-refractivity contribution in [1.29, 1.82) is 0 Å². The molecule has 0 aromatic carbocycles. The minimum Gasteiger partial charge on any atom is -0.334 e. The molecule has 1 atom stereocenters. The molecule has 1 aliphatic heterocycles. The van der Waals surface area contributed by atoms with Crippen molar-refractivity contribution in [3.05, 3.63) is 16.6 Å². The zero-order chi connectivity index (χ0) is 9.97. The highest BCUT2D eigenvalue weighted by atomic mass is 32.1. The van der Waals surface area contributed by atoms with E-state index in [1.165, 1.54) is 11.3 Å². The van der Waals surface area contributed by atoms with Crippen LogP contribution in [0, 0.1) is 0 Å². The van der Waals surface area contributed by atoms with Crippen LogP contribution in [-0.2, 0) is 0 Å². The van der Waals surface area contributed by atoms with E-state index >= 15 is 0 Å². The van der Waals surface area contributed by atoms with Crippen molar-refractivity contribution in [2.75, 3.05) is 13.1 Å². The maximum absolute atomic E-state index is 11.9. The average molecular weight is 211 g/mol. The van der Waals surface area contributed by atoms with E-state index in [9.17, 15) is 4.79 Å². The van der Waals surface area contributed by atoms with Gasteiger partial charge in [0.2, 0.25) is 0 Å². The third-order valence-corrected chi connectivity index (χ3v) is 3.31. The van der Waals surface area contributed by atoms with Gasteiger partial charge in [0.15, 0.2) is 0 Å². The Morgan fingerprint density at radius 1 is 1.79 bits per heavy atom. The van der Waals surface area contributed by atoms with Crippen LogP contribution in [0.1, 0.15) is 22.5 Å². The van der Waals surface area contributed by atoms with Gasteiger partial charge in [0.1, 0.15) is 4.88 Å². The Bertz CT molecular complexity index is 312. The monoisotopic (exact) mass is 211 g/mol. The third kappa shape index (κ3) is 1.65. The zero-order valence-corrected chi connectivity index (χ0v) is 8.67. The molecule has 1 fully saturated rings. The molecule has 14 heavy (non-hydrogen) atoms. The summed E-state index contributed by atoms with van der Waals surface area (Å²) >= 11 is 1.39. The molecule has 2 heterocycles. The van der Waals surface area contributed by atoms with Gasteiger partial charge in [-0.15, -0.1) is 11.3 Å². The van der Waals surface area contributed by atoms with Crippen molar-refractivity contribution >= 4 is 17.2 Å². The van der Waals surface area contributed by atoms with Crippen LogP contribution in [0.3, 0.4) is 0 Å². The number of carbonyl (C=O) groups is 1. The smallest absolute Gasteiger partial charge is 0.265 e. The lowest BCUT2D eigenvalue weighted by atomic mass is 10.2. The lowest BCUT2D eigenvalue weighted by Crippen LogP contribution is -2.39. The van der Waals surface area contributed by atoms with Gasteiger partial charge in [0.25, 0.3) is 5.91 Å². The molecule has 5 heteroatoms. The first kappa shape index (κ1) is 9.61. The van der Waals surface area contributed by atoms with E-state index < -0.39 is 0 Å². The Balaban J connectivity index is 2.11. The van der Waals surface area contributed by atoms with Gasteiger partial charge >= 0.3 is 0 Å². The van der Waals surface area contributed by atoms with Gasteiger partial charge in [-0.05, 0) is 12.8 Å². The first-order valence-electron chi connectivity index (χ1n) is 4.72. The summed E-state index contributed by atoms with van der Waals surface area (Å²) < 4.78 is 0. The van der Waals surface area contributed by atoms with Crippen LogP contribution in [-0.4, -0.2) is 34.9 Å². The van der Waals surface area contributed by atoms with Gasteiger partial charge < -0.3 is 10.6 Å². The van der Waals surface area contributed by atoms with Gasteiger partial charge in [-0.25, -0.2) is 0 Å². The molecule has 4 nitrogen and oxygen atoms in total. The minimum absolute atomic E-state index is 0.0838. The molecule has 0 saturated carbocycles. The van der Waals surface area contributed by atoms with Gasteiger partial charge in [-0.2, -0.15) is 0 Å². The molecule has 0 spiro atoms. The van der Waals surface area contributed by atoms with Gasteiger partial charge in [-0.3, -0.25) is 9.78 Å². The summed E-state index contributed by atoms with van der Waals surface area (Å²) in [6, 6.07) is 0.226. The van der Waals surface area contributed by atoms with E-state index in [1.807, 2.05) is 4.90 Å². The molecule has 1 aromatic heterocycles. The number of thiazole rings is 1. The van der Waals surface area contributed by atoms with Crippen LogP contribution < -0.4 is 5.73 Å². The maximum atomic E-state index is 11.9. The Morgan fingerprint density at radius 2 is 2.64 bits per heavy atom. The number of nitrogens with zero attached hydrogens (tertiary/aromatic N) is 2. The van der Waals surface area contributed by atoms with Crippen LogP contribution in [0.5, 0.6) is 0 Å². The van der Waals surface area contributed by atoms with E-state index in [1.54, 1.807) is 11.7 Å². The number of likely N-dealkylation sites (tertiary alicyclic amines) is 1. The van der Waals surface area contributed by atoms with Crippen molar-refractivity contribution in [2.24, 2.45) is 5.73 Å². The molecule has 1 aromatic rings. The van der Waals surface area contributed by atoms with Crippen LogP contribution in [0.4, 0.5) is 0 Å². The first-order valence-corrected chi connectivity index (χ1v) is 5.60. The van der Waals surface area contributed by atoms with E-state index in [4.69, 9.17) is 5.73 Å². The normalized spacial score (nSPS) is 21.5. The van der Waals surface area contributed by atoms with E-state index in [0.717, 1.165) is 19.4 Å². The summed E-state index contributed by atoms with van der Waals surface area (Å²) in [5.74, 6) is 0.0838. The number of aromatic nitrogens is 1. The molecule has 0 bridgehead atoms. The molecule has 2 N–H and O–H groups in total. The quantitative estimate of drug-likeness (QED) is 0.783. The fourth-order valence-electron chi connectivity index (χ4n) is 1.81. The first-order chi connectivity index (χ1) is 6.83. The highest BCUT2D eigenvalue weighted by Gasteiger charge is 2.28. The molecule has 1 amide bonds. The number of hydrogen-bond acceptors (Lipinski definition) is 4. The molecule has 1 unspecified atom stereocenters. The SMILES string of the molecule is NCC1CCCN1C(=O)c1cncs1. The van der Waals surface area contributed by atoms with Crippen molar-refractivity contribution in [2.45, 2.75) is 18.9 Å². The summed E-state index contributed by atoms with van der Waals surface area (Å²) in [6.07, 6.45) is 3.71. The molecule has 0 aliphatic carbocycles. The van der Waals surface area contributed by atoms with Crippen LogP contribution in [0.25, 0.3) is 0 Å². The molecular formula is C9H13N3OS. The number of rotatable bonds is 2. The fourth-order valence-corrected chi connectivity index (χ4v) is 2.39. The van der Waals surface area contributed by atoms with Gasteiger partial charge in [0, 0.05) is 19.1 Å². The summed E-state index contributed by atoms with van der Waals surface area (Å²) in [7, 11) is 0. The Labute approximate surface area is 86.7 Å². The minimum atomic E-state index is 0.0838. The highest BCUT2D eigenvalue weighted by Crippen LogP contribution is 2.20. The average Bonchev–Trinajstić information content (AvgIpc) is 2.87. The maximum Gasteiger partial charge on any atom is 0.265 e. The molecule has 76 valence electrons. The second-order valence-electron chi connectivity index (χ2n) is 3.40. The summed E-state index contributed by atoms with van der Waals surface area (Å²) in [4.78, 5) is 18.4. The summed E-state index contributed by atoms with van der Waals surface area (Å²) in [5, 5.41) is 0. The highest BCUT2D eigenvalue weighted by molar-refractivity contribution is 7.11. The number of carbonyl (C=O) groups excluding carboxylic acids is 1. The lowest BCUT2D eigenvalue weighted by Gasteiger charge is -2.22. The van der Waals surface area contributed by atoms with Crippen LogP contribution >= 0.6 is 11.3 Å². The zero-order valence-electron chi connectivity index (χ0n) is 7.85. The lowest BCUT2D eigenvalue weighted by molar-refractivity contribution is 0.0746. The Morgan fingerprint density at radius 3 is 3.29 bits per heavy atom. The van der Waals surface area contributed by atoms with E-state index in [0.29, 0.717) is 11.4 Å². The predicted molar refractivity (Wildman–Crippen MR) is 55.2 cm³/mol. The van der Waals surface area contributed by atoms with E-state index in [-0.39, 0.29) is 11.9 Å². The van der Waals surface area contributed by atoms with Gasteiger partial charge in [-0.1, -0.05) is 0 Å². The molecular weight excluding hydrogens is 198 g/mol. The van der Waals surface area contributed by atoms with E-state index in [2.05, 4.69) is 4.98 Å². The molecule has 1 saturated heterocycles. The van der Waals surface area contributed by atoms with Crippen molar-refractivity contribution in [1.82, 2.24) is 9.88 Å². The summed E-state index contributed by atoms with van der Waals surface area (Å²) in [6.45, 7) is 1.39. The molecule has 1 aliphatic rings. The van der Waals surface area contributed by atoms with Crippen LogP contribution in [0.15, 0.2) is 11.7 Å². The summed E-state index contributed by atoms with van der Waals surface area (Å²) in [5.41, 5.74) is 7.29. The Kier molecular flexibility index (Phi) is 2.79. The van der Waals surface area contributed by atoms with Crippen molar-refractivity contribution < 1.29 is 4.79 Å². The fraction of sp³-hybridized carbons (Fsp3) is 0.556. The topological polar surface area (TPSA) is 59.2 Å². The van der Waals surface area contributed by atoms with Gasteiger partial charge in [0.05, 0.1) is 11.7 Å². The second kappa shape index (κ2) is 4.06. The Hall–Kier alpha value is -0.940. The predicted octanol–water partition coefficient (Wildman–Crippen LogP) is 0.706. The van der Waals surface area contributed by atoms with Crippen molar-refractivity contribution in [3.63, 3.8) is 0 Å². The standard InChI is InChI=1S/C9H13N3OS/c10-4-7-2-1-3-12(7)9(13)8-5-11-6-14-8/h5-7H,1-4,10H2. The number of hydrogen-bond donors (Lipinski definition) is 1. The molecule has 2 rings (SSSR count). The number of amides is 1. The number of nitrogens with two attached hydrogens (primary N) is 1. The van der Waals surface area contributed by atoms with Crippen LogP contribution in [0.2, 0.25) is 0 Å². The third-order valence-electron chi connectivity index (χ3n) is 2.55. The van der Waals surface area contributed by atoms with Crippen molar-refractivity contribution in [3.8, 4) is 0 Å². The largest absolute Gasteiger partial charge is 0.334 e. The second-order valence-corrected chi connectivity index (χ2v) is 4.28. The molecule has 0 radical (unpaired) electrons.